The number of aromatic nitrogens is 2. The van der Waals surface area contributed by atoms with E-state index in [0.29, 0.717) is 16.7 Å². The number of hydrogen-bond donors (Lipinski definition) is 1. The summed E-state index contributed by atoms with van der Waals surface area (Å²) in [6, 6.07) is 8.04. The molecule has 0 spiro atoms. The first-order valence-corrected chi connectivity index (χ1v) is 13.5. The van der Waals surface area contributed by atoms with Crippen molar-refractivity contribution in [2.24, 2.45) is 0 Å². The van der Waals surface area contributed by atoms with E-state index < -0.39 is 36.1 Å². The van der Waals surface area contributed by atoms with Crippen molar-refractivity contribution in [3.8, 4) is 23.2 Å². The molecule has 0 amide bonds. The van der Waals surface area contributed by atoms with E-state index in [0.717, 1.165) is 24.8 Å². The van der Waals surface area contributed by atoms with Gasteiger partial charge >= 0.3 is 17.6 Å². The van der Waals surface area contributed by atoms with Crippen molar-refractivity contribution >= 4 is 23.0 Å². The maximum Gasteiger partial charge on any atom is 0.353 e. The van der Waals surface area contributed by atoms with Crippen LogP contribution in [-0.4, -0.2) is 52.0 Å². The minimum Gasteiger partial charge on any atom is -0.463 e. The van der Waals surface area contributed by atoms with Gasteiger partial charge in [-0.25, -0.2) is 4.79 Å². The lowest BCUT2D eigenvalue weighted by Gasteiger charge is -2.17. The maximum absolute atomic E-state index is 13.1. The molecule has 1 fully saturated rings. The van der Waals surface area contributed by atoms with E-state index in [1.165, 1.54) is 30.4 Å². The number of aliphatic hydroxyl groups excluding tert-OH is 1. The molecule has 3 heterocycles. The normalized spacial score (nSPS) is 18.4. The van der Waals surface area contributed by atoms with Crippen molar-refractivity contribution < 1.29 is 33.3 Å². The number of ether oxygens (including phenoxy) is 3. The van der Waals surface area contributed by atoms with Crippen LogP contribution in [0.5, 0.6) is 0 Å². The number of carbonyl (C=O) groups excluding carboxylic acids is 2. The lowest BCUT2D eigenvalue weighted by atomic mass is 10.0. The quantitative estimate of drug-likeness (QED) is 0.227. The average molecular weight is 551 g/mol. The zero-order valence-electron chi connectivity index (χ0n) is 23.0. The summed E-state index contributed by atoms with van der Waals surface area (Å²) in [5.74, 6) is 5.48. The Balaban J connectivity index is 1.71. The number of esters is 2. The number of nitrogens with zero attached hydrogens (tertiary/aromatic N) is 2. The van der Waals surface area contributed by atoms with Crippen molar-refractivity contribution in [2.75, 3.05) is 13.2 Å². The van der Waals surface area contributed by atoms with E-state index in [4.69, 9.17) is 18.6 Å². The van der Waals surface area contributed by atoms with Gasteiger partial charge in [0, 0.05) is 38.4 Å². The number of carbonyl (C=O) groups is 2. The molecule has 3 atom stereocenters. The van der Waals surface area contributed by atoms with Gasteiger partial charge in [0.1, 0.15) is 25.0 Å². The standard InChI is InChI=1S/C30H34N2O8/c1-4-5-6-9-21-11-13-22(14-12-21)28-23(10-7-8-15-33)24-17-32(30(36)31-29(24)40-28)27-16-25(38-20(3)35)26(39-27)18-37-19(2)34/h11-14,17,25-27,33H,4-6,8-9,15-16,18H2,1-3H3/t25-,26+,27+/m0/s1. The number of aliphatic hydroxyl groups is 1. The summed E-state index contributed by atoms with van der Waals surface area (Å²) >= 11 is 0. The Morgan fingerprint density at radius 1 is 1.18 bits per heavy atom. The Labute approximate surface area is 232 Å². The number of unbranched alkanes of at least 4 members (excludes halogenated alkanes) is 2. The fourth-order valence-electron chi connectivity index (χ4n) is 4.67. The van der Waals surface area contributed by atoms with Crippen LogP contribution in [0.1, 0.15) is 70.2 Å². The van der Waals surface area contributed by atoms with Crippen molar-refractivity contribution in [2.45, 2.75) is 77.7 Å². The van der Waals surface area contributed by atoms with E-state index in [9.17, 15) is 19.5 Å². The fraction of sp³-hybridized carbons (Fsp3) is 0.467. The van der Waals surface area contributed by atoms with Crippen LogP contribution in [-0.2, 0) is 30.2 Å². The van der Waals surface area contributed by atoms with Crippen LogP contribution in [0.2, 0.25) is 0 Å². The lowest BCUT2D eigenvalue weighted by molar-refractivity contribution is -0.155. The fourth-order valence-corrected chi connectivity index (χ4v) is 4.67. The van der Waals surface area contributed by atoms with E-state index in [1.54, 1.807) is 6.20 Å². The highest BCUT2D eigenvalue weighted by atomic mass is 16.6. The summed E-state index contributed by atoms with van der Waals surface area (Å²) in [4.78, 5) is 40.2. The Hall–Kier alpha value is -3.94. The molecular weight excluding hydrogens is 516 g/mol. The summed E-state index contributed by atoms with van der Waals surface area (Å²) in [6.07, 6.45) is 4.16. The van der Waals surface area contributed by atoms with Crippen LogP contribution < -0.4 is 5.69 Å². The van der Waals surface area contributed by atoms with Crippen molar-refractivity contribution in [3.63, 3.8) is 0 Å². The highest BCUT2D eigenvalue weighted by Gasteiger charge is 2.40. The predicted octanol–water partition coefficient (Wildman–Crippen LogP) is 3.91. The maximum atomic E-state index is 13.1. The van der Waals surface area contributed by atoms with Gasteiger partial charge in [0.25, 0.3) is 0 Å². The largest absolute Gasteiger partial charge is 0.463 e. The van der Waals surface area contributed by atoms with Crippen LogP contribution in [0.15, 0.2) is 39.7 Å². The zero-order valence-corrected chi connectivity index (χ0v) is 23.0. The highest BCUT2D eigenvalue weighted by Crippen LogP contribution is 2.35. The van der Waals surface area contributed by atoms with Crippen molar-refractivity contribution in [1.82, 2.24) is 9.55 Å². The van der Waals surface area contributed by atoms with Gasteiger partial charge in [-0.05, 0) is 18.4 Å². The summed E-state index contributed by atoms with van der Waals surface area (Å²) in [7, 11) is 0. The van der Waals surface area contributed by atoms with Crippen molar-refractivity contribution in [1.29, 1.82) is 0 Å². The molecule has 10 nitrogen and oxygen atoms in total. The molecule has 0 unspecified atom stereocenters. The highest BCUT2D eigenvalue weighted by molar-refractivity contribution is 5.88. The number of aryl methyl sites for hydroxylation is 1. The molecule has 2 aromatic heterocycles. The summed E-state index contributed by atoms with van der Waals surface area (Å²) in [6.45, 7) is 4.50. The van der Waals surface area contributed by atoms with Gasteiger partial charge in [-0.2, -0.15) is 4.98 Å². The molecule has 1 aliphatic heterocycles. The number of rotatable bonds is 10. The number of furan rings is 1. The van der Waals surface area contributed by atoms with Gasteiger partial charge in [-0.15, -0.1) is 0 Å². The Bertz CT molecular complexity index is 1460. The Morgan fingerprint density at radius 3 is 2.62 bits per heavy atom. The first-order chi connectivity index (χ1) is 19.3. The average Bonchev–Trinajstić information content (AvgIpc) is 3.47. The van der Waals surface area contributed by atoms with Crippen molar-refractivity contribution in [3.05, 3.63) is 52.1 Å². The van der Waals surface area contributed by atoms with Crippen LogP contribution in [0.4, 0.5) is 0 Å². The summed E-state index contributed by atoms with van der Waals surface area (Å²) < 4.78 is 23.8. The second-order valence-corrected chi connectivity index (χ2v) is 9.70. The monoisotopic (exact) mass is 550 g/mol. The molecule has 1 aliphatic rings. The molecule has 1 aromatic carbocycles. The van der Waals surface area contributed by atoms with Crippen LogP contribution in [0.3, 0.4) is 0 Å². The first-order valence-electron chi connectivity index (χ1n) is 13.5. The molecule has 40 heavy (non-hydrogen) atoms. The molecule has 10 heteroatoms. The minimum atomic E-state index is -0.826. The Kier molecular flexibility index (Phi) is 9.74. The summed E-state index contributed by atoms with van der Waals surface area (Å²) in [5, 5.41) is 9.76. The molecule has 0 saturated carbocycles. The van der Waals surface area contributed by atoms with Crippen LogP contribution >= 0.6 is 0 Å². The molecule has 212 valence electrons. The number of benzene rings is 1. The predicted molar refractivity (Wildman–Crippen MR) is 146 cm³/mol. The summed E-state index contributed by atoms with van der Waals surface area (Å²) in [5.41, 5.74) is 2.06. The van der Waals surface area contributed by atoms with Gasteiger partial charge in [0.2, 0.25) is 5.71 Å². The number of fused-ring (bicyclic) bond motifs is 1. The van der Waals surface area contributed by atoms with E-state index in [1.807, 2.05) is 12.1 Å². The second-order valence-electron chi connectivity index (χ2n) is 9.70. The third-order valence-electron chi connectivity index (χ3n) is 6.61. The van der Waals surface area contributed by atoms with Gasteiger partial charge in [0.05, 0.1) is 17.6 Å². The number of hydrogen-bond acceptors (Lipinski definition) is 9. The molecule has 0 bridgehead atoms. The Morgan fingerprint density at radius 2 is 1.95 bits per heavy atom. The smallest absolute Gasteiger partial charge is 0.353 e. The van der Waals surface area contributed by atoms with Gasteiger partial charge in [-0.1, -0.05) is 55.9 Å². The zero-order chi connectivity index (χ0) is 28.6. The molecule has 0 radical (unpaired) electrons. The van der Waals surface area contributed by atoms with Gasteiger partial charge in [0.15, 0.2) is 5.76 Å². The van der Waals surface area contributed by atoms with E-state index >= 15 is 0 Å². The van der Waals surface area contributed by atoms with Crippen LogP contribution in [0.25, 0.3) is 22.4 Å². The molecule has 4 rings (SSSR count). The third kappa shape index (κ3) is 6.97. The van der Waals surface area contributed by atoms with E-state index in [-0.39, 0.29) is 31.8 Å². The third-order valence-corrected chi connectivity index (χ3v) is 6.61. The molecule has 3 aromatic rings. The topological polar surface area (TPSA) is 130 Å². The molecular formula is C30H34N2O8. The minimum absolute atomic E-state index is 0.0926. The lowest BCUT2D eigenvalue weighted by Crippen LogP contribution is -2.31. The van der Waals surface area contributed by atoms with Gasteiger partial charge < -0.3 is 23.7 Å². The van der Waals surface area contributed by atoms with E-state index in [2.05, 4.69) is 35.9 Å². The van der Waals surface area contributed by atoms with Crippen LogP contribution in [0, 0.1) is 11.8 Å². The van der Waals surface area contributed by atoms with Gasteiger partial charge in [-0.3, -0.25) is 14.2 Å². The second kappa shape index (κ2) is 13.4. The molecule has 1 saturated heterocycles. The SMILES string of the molecule is CCCCCc1ccc(-c2oc3nc(=O)n([C@H]4C[C@H](OC(C)=O)[C@@H](COC(C)=O)O4)cc3c2C#CCCO)cc1. The molecule has 1 N–H and O–H groups in total. The first kappa shape index (κ1) is 29.1. The molecule has 0 aliphatic carbocycles.